The highest BCUT2D eigenvalue weighted by Gasteiger charge is 2.06. The molecule has 0 spiro atoms. The third-order valence-electron chi connectivity index (χ3n) is 1.51. The van der Waals surface area contributed by atoms with E-state index >= 15 is 0 Å². The summed E-state index contributed by atoms with van der Waals surface area (Å²) in [7, 11) is 1.50. The molecular formula is C10H8BrClO2S2. The van der Waals surface area contributed by atoms with E-state index in [4.69, 9.17) is 10.7 Å². The van der Waals surface area contributed by atoms with Crippen molar-refractivity contribution in [3.63, 3.8) is 0 Å². The summed E-state index contributed by atoms with van der Waals surface area (Å²) in [6.45, 7) is 0. The first-order chi connectivity index (χ1) is 7.50. The summed E-state index contributed by atoms with van der Waals surface area (Å²) in [6.07, 6.45) is 0. The number of hydrogen-bond donors (Lipinski definition) is 0. The van der Waals surface area contributed by atoms with E-state index in [0.29, 0.717) is 0 Å². The third-order valence-corrected chi connectivity index (χ3v) is 4.36. The average Bonchev–Trinajstić information content (AvgIpc) is 2.70. The molecule has 1 heterocycles. The van der Waals surface area contributed by atoms with Crippen molar-refractivity contribution in [1.82, 2.24) is 0 Å². The van der Waals surface area contributed by atoms with Gasteiger partial charge >= 0.3 is 0 Å². The van der Waals surface area contributed by atoms with Crippen LogP contribution in [0.15, 0.2) is 56.5 Å². The predicted octanol–water partition coefficient (Wildman–Crippen LogP) is 4.12. The van der Waals surface area contributed by atoms with Crippen molar-refractivity contribution < 1.29 is 8.42 Å². The first-order valence-corrected chi connectivity index (χ1v) is 8.17. The van der Waals surface area contributed by atoms with Crippen LogP contribution in [0.5, 0.6) is 0 Å². The zero-order chi connectivity index (χ0) is 12.0. The monoisotopic (exact) mass is 338 g/mol. The van der Waals surface area contributed by atoms with Gasteiger partial charge in [-0.25, -0.2) is 8.42 Å². The molecule has 6 heteroatoms. The van der Waals surface area contributed by atoms with Gasteiger partial charge in [-0.1, -0.05) is 24.3 Å². The minimum absolute atomic E-state index is 0.136. The fraction of sp³-hybridized carbons (Fsp3) is 0. The second-order valence-corrected chi connectivity index (χ2v) is 7.56. The Labute approximate surface area is 111 Å². The maximum absolute atomic E-state index is 10.6. The van der Waals surface area contributed by atoms with Crippen LogP contribution in [0.3, 0.4) is 0 Å². The molecule has 1 aromatic heterocycles. The largest absolute Gasteiger partial charge is 0.261 e. The summed E-state index contributed by atoms with van der Waals surface area (Å²) < 4.78 is 22.4. The number of halogens is 2. The molecule has 0 bridgehead atoms. The fourth-order valence-corrected chi connectivity index (χ4v) is 2.55. The van der Waals surface area contributed by atoms with Crippen molar-refractivity contribution in [2.45, 2.75) is 4.90 Å². The van der Waals surface area contributed by atoms with Gasteiger partial charge < -0.3 is 0 Å². The molecule has 0 saturated heterocycles. The van der Waals surface area contributed by atoms with Crippen LogP contribution in [0.2, 0.25) is 0 Å². The molecule has 1 aromatic carbocycles. The minimum Gasteiger partial charge on any atom is -0.207 e. The predicted molar refractivity (Wildman–Crippen MR) is 71.5 cm³/mol. The van der Waals surface area contributed by atoms with Crippen LogP contribution in [-0.4, -0.2) is 8.42 Å². The summed E-state index contributed by atoms with van der Waals surface area (Å²) >= 11 is 4.99. The van der Waals surface area contributed by atoms with Gasteiger partial charge in [-0.05, 0) is 39.5 Å². The van der Waals surface area contributed by atoms with Gasteiger partial charge in [-0.2, -0.15) is 0 Å². The van der Waals surface area contributed by atoms with Gasteiger partial charge in [0.05, 0.1) is 8.68 Å². The Bertz CT molecular complexity index is 509. The topological polar surface area (TPSA) is 34.1 Å². The highest BCUT2D eigenvalue weighted by atomic mass is 79.9. The van der Waals surface area contributed by atoms with Crippen LogP contribution in [0, 0.1) is 0 Å². The van der Waals surface area contributed by atoms with Gasteiger partial charge in [0, 0.05) is 10.7 Å². The zero-order valence-electron chi connectivity index (χ0n) is 8.01. The van der Waals surface area contributed by atoms with E-state index in [1.54, 1.807) is 29.5 Å². The molecule has 2 nitrogen and oxygen atoms in total. The fourth-order valence-electron chi connectivity index (χ4n) is 0.842. The van der Waals surface area contributed by atoms with Gasteiger partial charge in [0.2, 0.25) is 0 Å². The Balaban J connectivity index is 0.000000181. The van der Waals surface area contributed by atoms with Crippen LogP contribution < -0.4 is 0 Å². The van der Waals surface area contributed by atoms with Crippen LogP contribution in [-0.2, 0) is 9.05 Å². The highest BCUT2D eigenvalue weighted by Crippen LogP contribution is 2.14. The molecule has 0 N–H and O–H groups in total. The van der Waals surface area contributed by atoms with Crippen LogP contribution in [0.4, 0.5) is 0 Å². The van der Waals surface area contributed by atoms with E-state index in [1.165, 1.54) is 15.9 Å². The number of hydrogen-bond acceptors (Lipinski definition) is 3. The molecule has 0 unspecified atom stereocenters. The molecule has 0 radical (unpaired) electrons. The van der Waals surface area contributed by atoms with Crippen molar-refractivity contribution >= 4 is 47.0 Å². The van der Waals surface area contributed by atoms with Gasteiger partial charge in [-0.15, -0.1) is 11.3 Å². The van der Waals surface area contributed by atoms with E-state index in [9.17, 15) is 8.42 Å². The molecule has 0 amide bonds. The molecule has 0 aliphatic carbocycles. The number of benzene rings is 1. The van der Waals surface area contributed by atoms with Crippen LogP contribution in [0.1, 0.15) is 0 Å². The Morgan fingerprint density at radius 2 is 1.69 bits per heavy atom. The lowest BCUT2D eigenvalue weighted by molar-refractivity contribution is 0.609. The van der Waals surface area contributed by atoms with Crippen molar-refractivity contribution in [3.8, 4) is 0 Å². The Kier molecular flexibility index (Phi) is 5.48. The van der Waals surface area contributed by atoms with Crippen LogP contribution in [0.25, 0.3) is 0 Å². The normalized spacial score (nSPS) is 10.4. The van der Waals surface area contributed by atoms with Gasteiger partial charge in [0.25, 0.3) is 9.05 Å². The summed E-state index contributed by atoms with van der Waals surface area (Å²) in [5, 5.41) is 2.03. The number of rotatable bonds is 1. The lowest BCUT2D eigenvalue weighted by atomic mass is 10.4. The van der Waals surface area contributed by atoms with Gasteiger partial charge in [0.1, 0.15) is 0 Å². The quantitative estimate of drug-likeness (QED) is 0.732. The van der Waals surface area contributed by atoms with Crippen molar-refractivity contribution in [2.75, 3.05) is 0 Å². The molecule has 2 rings (SSSR count). The Morgan fingerprint density at radius 1 is 1.06 bits per heavy atom. The Morgan fingerprint density at radius 3 is 1.94 bits per heavy atom. The molecule has 0 fully saturated rings. The smallest absolute Gasteiger partial charge is 0.207 e. The first kappa shape index (κ1) is 13.7. The lowest BCUT2D eigenvalue weighted by Gasteiger charge is -1.91. The van der Waals surface area contributed by atoms with E-state index < -0.39 is 9.05 Å². The second kappa shape index (κ2) is 6.39. The molecule has 0 atom stereocenters. The first-order valence-electron chi connectivity index (χ1n) is 4.19. The SMILES string of the molecule is Brc1cccs1.O=S(=O)(Cl)c1ccccc1. The zero-order valence-corrected chi connectivity index (χ0v) is 12.0. The van der Waals surface area contributed by atoms with E-state index in [1.807, 2.05) is 17.5 Å². The van der Waals surface area contributed by atoms with Gasteiger partial charge in [0.15, 0.2) is 0 Å². The maximum Gasteiger partial charge on any atom is 0.261 e. The number of thiophene rings is 1. The van der Waals surface area contributed by atoms with E-state index in [0.717, 1.165) is 0 Å². The third kappa shape index (κ3) is 5.12. The average molecular weight is 340 g/mol. The molecule has 2 aromatic rings. The standard InChI is InChI=1S/C6H5ClO2S.C4H3BrS/c7-10(8,9)6-4-2-1-3-5-6;5-4-2-1-3-6-4/h1-5H;1-3H. The van der Waals surface area contributed by atoms with Gasteiger partial charge in [-0.3, -0.25) is 0 Å². The molecule has 16 heavy (non-hydrogen) atoms. The summed E-state index contributed by atoms with van der Waals surface area (Å²) in [5.41, 5.74) is 0. The lowest BCUT2D eigenvalue weighted by Crippen LogP contribution is -1.87. The summed E-state index contributed by atoms with van der Waals surface area (Å²) in [4.78, 5) is 0.136. The molecule has 0 aliphatic heterocycles. The van der Waals surface area contributed by atoms with Crippen molar-refractivity contribution in [1.29, 1.82) is 0 Å². The molecule has 86 valence electrons. The Hall–Kier alpha value is -0.360. The van der Waals surface area contributed by atoms with Crippen LogP contribution >= 0.6 is 37.9 Å². The van der Waals surface area contributed by atoms with E-state index in [2.05, 4.69) is 15.9 Å². The maximum atomic E-state index is 10.6. The molecule has 0 aliphatic rings. The summed E-state index contributed by atoms with van der Waals surface area (Å²) in [6, 6.07) is 11.9. The summed E-state index contributed by atoms with van der Waals surface area (Å²) in [5.74, 6) is 0. The second-order valence-electron chi connectivity index (χ2n) is 2.67. The van der Waals surface area contributed by atoms with Crippen molar-refractivity contribution in [3.05, 3.63) is 51.6 Å². The minimum atomic E-state index is -3.53. The molecular weight excluding hydrogens is 332 g/mol. The molecule has 0 saturated carbocycles. The van der Waals surface area contributed by atoms with Crippen molar-refractivity contribution in [2.24, 2.45) is 0 Å². The van der Waals surface area contributed by atoms with E-state index in [-0.39, 0.29) is 4.90 Å². The highest BCUT2D eigenvalue weighted by molar-refractivity contribution is 9.11.